The number of hydrogen-bond donors (Lipinski definition) is 2. The lowest BCUT2D eigenvalue weighted by Crippen LogP contribution is -2.39. The summed E-state index contributed by atoms with van der Waals surface area (Å²) in [6.07, 6.45) is 9.98. The molecule has 18 heavy (non-hydrogen) atoms. The van der Waals surface area contributed by atoms with Gasteiger partial charge in [-0.1, -0.05) is 12.8 Å². The Morgan fingerprint density at radius 3 is 2.61 bits per heavy atom. The van der Waals surface area contributed by atoms with Gasteiger partial charge in [-0.3, -0.25) is 4.79 Å². The van der Waals surface area contributed by atoms with E-state index in [2.05, 4.69) is 10.6 Å². The molecule has 2 rings (SSSR count). The van der Waals surface area contributed by atoms with Gasteiger partial charge in [-0.25, -0.2) is 0 Å². The zero-order chi connectivity index (χ0) is 12.6. The van der Waals surface area contributed by atoms with Crippen LogP contribution in [0.1, 0.15) is 51.4 Å². The fourth-order valence-electron chi connectivity index (χ4n) is 2.84. The van der Waals surface area contributed by atoms with Crippen LogP contribution in [-0.2, 0) is 9.53 Å². The molecule has 0 aromatic heterocycles. The van der Waals surface area contributed by atoms with Crippen molar-refractivity contribution in [1.29, 1.82) is 0 Å². The molecule has 0 aromatic carbocycles. The summed E-state index contributed by atoms with van der Waals surface area (Å²) in [5.41, 5.74) is 0. The smallest absolute Gasteiger partial charge is 0.233 e. The first-order chi connectivity index (χ1) is 8.84. The van der Waals surface area contributed by atoms with Gasteiger partial charge in [0.05, 0.1) is 12.6 Å². The minimum absolute atomic E-state index is 0.123. The molecule has 0 aromatic rings. The van der Waals surface area contributed by atoms with E-state index in [1.165, 1.54) is 38.5 Å². The standard InChI is InChI=1S/C14H26N2O2/c17-14(11-16-12-5-1-2-6-12)15-9-8-13-7-3-4-10-18-13/h12-13,16H,1-11H2,(H,15,17). The monoisotopic (exact) mass is 254 g/mol. The molecular formula is C14H26N2O2. The molecule has 4 heteroatoms. The first kappa shape index (κ1) is 13.8. The summed E-state index contributed by atoms with van der Waals surface area (Å²) in [6, 6.07) is 0.567. The van der Waals surface area contributed by atoms with Crippen LogP contribution in [0.15, 0.2) is 0 Å². The average Bonchev–Trinajstić information content (AvgIpc) is 2.91. The quantitative estimate of drug-likeness (QED) is 0.757. The normalized spacial score (nSPS) is 25.2. The topological polar surface area (TPSA) is 50.4 Å². The second kappa shape index (κ2) is 7.74. The van der Waals surface area contributed by atoms with Crippen molar-refractivity contribution in [3.63, 3.8) is 0 Å². The molecule has 1 amide bonds. The predicted octanol–water partition coefficient (Wildman–Crippen LogP) is 1.59. The van der Waals surface area contributed by atoms with Crippen LogP contribution >= 0.6 is 0 Å². The lowest BCUT2D eigenvalue weighted by atomic mass is 10.1. The van der Waals surface area contributed by atoms with Crippen molar-refractivity contribution < 1.29 is 9.53 Å². The third-order valence-corrected chi connectivity index (χ3v) is 3.97. The summed E-state index contributed by atoms with van der Waals surface area (Å²) < 4.78 is 5.63. The van der Waals surface area contributed by atoms with Crippen molar-refractivity contribution >= 4 is 5.91 Å². The SMILES string of the molecule is O=C(CNC1CCCC1)NCCC1CCCCO1. The second-order valence-electron chi connectivity index (χ2n) is 5.49. The molecule has 1 heterocycles. The molecule has 1 aliphatic carbocycles. The van der Waals surface area contributed by atoms with Crippen molar-refractivity contribution in [1.82, 2.24) is 10.6 Å². The van der Waals surface area contributed by atoms with Gasteiger partial charge in [-0.15, -0.1) is 0 Å². The fourth-order valence-corrected chi connectivity index (χ4v) is 2.84. The molecule has 1 saturated heterocycles. The van der Waals surface area contributed by atoms with Crippen LogP contribution in [0.2, 0.25) is 0 Å². The van der Waals surface area contributed by atoms with Crippen LogP contribution < -0.4 is 10.6 Å². The largest absolute Gasteiger partial charge is 0.378 e. The van der Waals surface area contributed by atoms with Gasteiger partial charge in [-0.2, -0.15) is 0 Å². The molecular weight excluding hydrogens is 228 g/mol. The minimum Gasteiger partial charge on any atom is -0.378 e. The summed E-state index contributed by atoms with van der Waals surface area (Å²) in [7, 11) is 0. The van der Waals surface area contributed by atoms with E-state index in [4.69, 9.17) is 4.74 Å². The van der Waals surface area contributed by atoms with Gasteiger partial charge in [0.15, 0.2) is 0 Å². The Morgan fingerprint density at radius 1 is 1.11 bits per heavy atom. The van der Waals surface area contributed by atoms with Crippen molar-refractivity contribution in [2.45, 2.75) is 63.5 Å². The Bertz CT molecular complexity index is 246. The Balaban J connectivity index is 1.48. The lowest BCUT2D eigenvalue weighted by molar-refractivity contribution is -0.120. The summed E-state index contributed by atoms with van der Waals surface area (Å²) >= 11 is 0. The van der Waals surface area contributed by atoms with Gasteiger partial charge in [0, 0.05) is 19.2 Å². The van der Waals surface area contributed by atoms with Crippen molar-refractivity contribution in [2.75, 3.05) is 19.7 Å². The van der Waals surface area contributed by atoms with Gasteiger partial charge >= 0.3 is 0 Å². The van der Waals surface area contributed by atoms with Gasteiger partial charge in [0.2, 0.25) is 5.91 Å². The number of hydrogen-bond acceptors (Lipinski definition) is 3. The van der Waals surface area contributed by atoms with Crippen molar-refractivity contribution in [2.24, 2.45) is 0 Å². The maximum Gasteiger partial charge on any atom is 0.233 e. The van der Waals surface area contributed by atoms with Crippen LogP contribution in [0.4, 0.5) is 0 Å². The number of rotatable bonds is 6. The molecule has 1 unspecified atom stereocenters. The Morgan fingerprint density at radius 2 is 1.89 bits per heavy atom. The zero-order valence-corrected chi connectivity index (χ0v) is 11.2. The molecule has 0 radical (unpaired) electrons. The summed E-state index contributed by atoms with van der Waals surface area (Å²) in [5, 5.41) is 6.30. The van der Waals surface area contributed by atoms with E-state index >= 15 is 0 Å². The van der Waals surface area contributed by atoms with Crippen LogP contribution in [0, 0.1) is 0 Å². The van der Waals surface area contributed by atoms with E-state index in [1.807, 2.05) is 0 Å². The van der Waals surface area contributed by atoms with Crippen molar-refractivity contribution in [3.05, 3.63) is 0 Å². The Labute approximate surface area is 110 Å². The maximum absolute atomic E-state index is 11.6. The zero-order valence-electron chi connectivity index (χ0n) is 11.2. The molecule has 4 nitrogen and oxygen atoms in total. The highest BCUT2D eigenvalue weighted by Crippen LogP contribution is 2.17. The van der Waals surface area contributed by atoms with Crippen LogP contribution in [0.3, 0.4) is 0 Å². The predicted molar refractivity (Wildman–Crippen MR) is 71.5 cm³/mol. The molecule has 1 saturated carbocycles. The lowest BCUT2D eigenvalue weighted by Gasteiger charge is -2.22. The number of amides is 1. The van der Waals surface area contributed by atoms with Gasteiger partial charge in [0.1, 0.15) is 0 Å². The fraction of sp³-hybridized carbons (Fsp3) is 0.929. The summed E-state index contributed by atoms with van der Waals surface area (Å²) in [4.78, 5) is 11.6. The van der Waals surface area contributed by atoms with Gasteiger partial charge in [0.25, 0.3) is 0 Å². The number of nitrogens with one attached hydrogen (secondary N) is 2. The number of ether oxygens (including phenoxy) is 1. The van der Waals surface area contributed by atoms with Gasteiger partial charge in [-0.05, 0) is 38.5 Å². The Hall–Kier alpha value is -0.610. The molecule has 1 aliphatic heterocycles. The van der Waals surface area contributed by atoms with E-state index in [9.17, 15) is 4.79 Å². The first-order valence-corrected chi connectivity index (χ1v) is 7.46. The first-order valence-electron chi connectivity index (χ1n) is 7.46. The minimum atomic E-state index is 0.123. The molecule has 104 valence electrons. The van der Waals surface area contributed by atoms with E-state index in [1.54, 1.807) is 0 Å². The van der Waals surface area contributed by atoms with Crippen LogP contribution in [0.5, 0.6) is 0 Å². The maximum atomic E-state index is 11.6. The molecule has 2 aliphatic rings. The molecule has 0 spiro atoms. The highest BCUT2D eigenvalue weighted by atomic mass is 16.5. The summed E-state index contributed by atoms with van der Waals surface area (Å²) in [6.45, 7) is 2.11. The van der Waals surface area contributed by atoms with E-state index in [-0.39, 0.29) is 5.91 Å². The van der Waals surface area contributed by atoms with E-state index < -0.39 is 0 Å². The Kier molecular flexibility index (Phi) is 5.94. The highest BCUT2D eigenvalue weighted by Gasteiger charge is 2.16. The highest BCUT2D eigenvalue weighted by molar-refractivity contribution is 5.77. The van der Waals surface area contributed by atoms with Crippen LogP contribution in [-0.4, -0.2) is 37.7 Å². The molecule has 2 fully saturated rings. The van der Waals surface area contributed by atoms with Crippen molar-refractivity contribution in [3.8, 4) is 0 Å². The van der Waals surface area contributed by atoms with Gasteiger partial charge < -0.3 is 15.4 Å². The molecule has 0 bridgehead atoms. The molecule has 1 atom stereocenters. The summed E-state index contributed by atoms with van der Waals surface area (Å²) in [5.74, 6) is 0.123. The average molecular weight is 254 g/mol. The third kappa shape index (κ3) is 4.94. The van der Waals surface area contributed by atoms with Crippen LogP contribution in [0.25, 0.3) is 0 Å². The number of carbonyl (C=O) groups excluding carboxylic acids is 1. The van der Waals surface area contributed by atoms with E-state index in [0.29, 0.717) is 18.7 Å². The number of carbonyl (C=O) groups is 1. The third-order valence-electron chi connectivity index (χ3n) is 3.97. The molecule has 2 N–H and O–H groups in total. The van der Waals surface area contributed by atoms with E-state index in [0.717, 1.165) is 26.0 Å². The second-order valence-corrected chi connectivity index (χ2v) is 5.49.